The van der Waals surface area contributed by atoms with E-state index in [2.05, 4.69) is 10.6 Å². The van der Waals surface area contributed by atoms with Crippen molar-refractivity contribution >= 4 is 17.3 Å². The van der Waals surface area contributed by atoms with Crippen LogP contribution in [0.3, 0.4) is 0 Å². The van der Waals surface area contributed by atoms with Gasteiger partial charge in [-0.25, -0.2) is 0 Å². The van der Waals surface area contributed by atoms with Crippen LogP contribution < -0.4 is 10.6 Å². The SMILES string of the molecule is Cc1ccc(NC2=C(NCc3ccccc3)C(=O)c3ccccc3C2=O)cc1. The normalized spacial score (nSPS) is 13.3. The molecule has 4 nitrogen and oxygen atoms in total. The van der Waals surface area contributed by atoms with Crippen molar-refractivity contribution in [3.8, 4) is 0 Å². The molecule has 0 fully saturated rings. The zero-order chi connectivity index (χ0) is 19.5. The summed E-state index contributed by atoms with van der Waals surface area (Å²) in [5.41, 5.74) is 4.35. The van der Waals surface area contributed by atoms with Crippen LogP contribution in [0.4, 0.5) is 5.69 Å². The lowest BCUT2D eigenvalue weighted by atomic mass is 9.90. The van der Waals surface area contributed by atoms with Crippen LogP contribution in [0.15, 0.2) is 90.3 Å². The van der Waals surface area contributed by atoms with E-state index in [1.54, 1.807) is 24.3 Å². The van der Waals surface area contributed by atoms with Gasteiger partial charge in [0.2, 0.25) is 11.6 Å². The van der Waals surface area contributed by atoms with Crippen molar-refractivity contribution in [1.29, 1.82) is 0 Å². The van der Waals surface area contributed by atoms with Crippen molar-refractivity contribution in [2.24, 2.45) is 0 Å². The van der Waals surface area contributed by atoms with Gasteiger partial charge in [0.1, 0.15) is 11.4 Å². The molecule has 4 rings (SSSR count). The van der Waals surface area contributed by atoms with Crippen LogP contribution >= 0.6 is 0 Å². The number of carbonyl (C=O) groups is 2. The van der Waals surface area contributed by atoms with Gasteiger partial charge in [-0.1, -0.05) is 72.3 Å². The topological polar surface area (TPSA) is 58.2 Å². The third-order valence-corrected chi connectivity index (χ3v) is 4.75. The predicted octanol–water partition coefficient (Wildman–Crippen LogP) is 4.49. The lowest BCUT2D eigenvalue weighted by molar-refractivity contribution is 0.0969. The summed E-state index contributed by atoms with van der Waals surface area (Å²) in [6.45, 7) is 2.46. The fourth-order valence-corrected chi connectivity index (χ4v) is 3.23. The van der Waals surface area contributed by atoms with E-state index in [1.807, 2.05) is 61.5 Å². The Hall–Kier alpha value is -3.66. The first-order valence-electron chi connectivity index (χ1n) is 9.17. The van der Waals surface area contributed by atoms with E-state index in [0.717, 1.165) is 16.8 Å². The molecule has 2 N–H and O–H groups in total. The molecule has 1 aliphatic rings. The molecule has 0 amide bonds. The molecular formula is C24H20N2O2. The summed E-state index contributed by atoms with van der Waals surface area (Å²) in [4.78, 5) is 26.3. The molecule has 0 aliphatic heterocycles. The minimum absolute atomic E-state index is 0.180. The number of nitrogens with one attached hydrogen (secondary N) is 2. The van der Waals surface area contributed by atoms with E-state index in [0.29, 0.717) is 23.4 Å². The first-order chi connectivity index (χ1) is 13.6. The molecule has 0 bridgehead atoms. The Labute approximate surface area is 163 Å². The number of rotatable bonds is 5. The predicted molar refractivity (Wildman–Crippen MR) is 110 cm³/mol. The molecule has 0 unspecified atom stereocenters. The van der Waals surface area contributed by atoms with Crippen molar-refractivity contribution in [2.75, 3.05) is 5.32 Å². The van der Waals surface area contributed by atoms with E-state index in [-0.39, 0.29) is 17.3 Å². The second-order valence-corrected chi connectivity index (χ2v) is 6.78. The Bertz CT molecular complexity index is 1070. The van der Waals surface area contributed by atoms with Gasteiger partial charge in [-0.05, 0) is 24.6 Å². The Morgan fingerprint density at radius 3 is 1.89 bits per heavy atom. The van der Waals surface area contributed by atoms with Gasteiger partial charge in [0.15, 0.2) is 0 Å². The zero-order valence-electron chi connectivity index (χ0n) is 15.5. The maximum absolute atomic E-state index is 13.1. The highest BCUT2D eigenvalue weighted by atomic mass is 16.1. The van der Waals surface area contributed by atoms with Gasteiger partial charge in [0.25, 0.3) is 0 Å². The first kappa shape index (κ1) is 17.7. The number of benzene rings is 3. The highest BCUT2D eigenvalue weighted by Crippen LogP contribution is 2.26. The molecule has 0 saturated carbocycles. The molecule has 28 heavy (non-hydrogen) atoms. The Kier molecular flexibility index (Phi) is 4.77. The second kappa shape index (κ2) is 7.53. The minimum atomic E-state index is -0.189. The van der Waals surface area contributed by atoms with Crippen molar-refractivity contribution in [3.05, 3.63) is 113 Å². The van der Waals surface area contributed by atoms with E-state index in [4.69, 9.17) is 0 Å². The summed E-state index contributed by atoms with van der Waals surface area (Å²) >= 11 is 0. The van der Waals surface area contributed by atoms with Crippen LogP contribution in [0, 0.1) is 6.92 Å². The number of aryl methyl sites for hydroxylation is 1. The fraction of sp³-hybridized carbons (Fsp3) is 0.0833. The van der Waals surface area contributed by atoms with Crippen molar-refractivity contribution in [2.45, 2.75) is 13.5 Å². The summed E-state index contributed by atoms with van der Waals surface area (Å²) in [6, 6.07) is 24.4. The summed E-state index contributed by atoms with van der Waals surface area (Å²) < 4.78 is 0. The molecule has 0 aromatic heterocycles. The molecule has 0 saturated heterocycles. The van der Waals surface area contributed by atoms with E-state index < -0.39 is 0 Å². The third-order valence-electron chi connectivity index (χ3n) is 4.75. The van der Waals surface area contributed by atoms with E-state index in [1.165, 1.54) is 0 Å². The standard InChI is InChI=1S/C24H20N2O2/c1-16-11-13-18(14-12-16)26-22-21(25-15-17-7-3-2-4-8-17)23(27)19-9-5-6-10-20(19)24(22)28/h2-14,25-26H,15H2,1H3. The largest absolute Gasteiger partial charge is 0.376 e. The molecule has 3 aromatic carbocycles. The van der Waals surface area contributed by atoms with Crippen LogP contribution in [0.1, 0.15) is 31.8 Å². The van der Waals surface area contributed by atoms with E-state index in [9.17, 15) is 9.59 Å². The number of ketones is 2. The number of hydrogen-bond acceptors (Lipinski definition) is 4. The minimum Gasteiger partial charge on any atom is -0.376 e. The Morgan fingerprint density at radius 1 is 0.679 bits per heavy atom. The molecule has 138 valence electrons. The van der Waals surface area contributed by atoms with Gasteiger partial charge < -0.3 is 10.6 Å². The summed E-state index contributed by atoms with van der Waals surface area (Å²) in [6.07, 6.45) is 0. The third kappa shape index (κ3) is 3.45. The summed E-state index contributed by atoms with van der Waals surface area (Å²) in [5.74, 6) is -0.368. The number of carbonyl (C=O) groups excluding carboxylic acids is 2. The van der Waals surface area contributed by atoms with Crippen LogP contribution in [-0.4, -0.2) is 11.6 Å². The molecule has 0 radical (unpaired) electrons. The smallest absolute Gasteiger partial charge is 0.212 e. The van der Waals surface area contributed by atoms with Gasteiger partial charge in [-0.2, -0.15) is 0 Å². The van der Waals surface area contributed by atoms with Crippen molar-refractivity contribution < 1.29 is 9.59 Å². The van der Waals surface area contributed by atoms with Gasteiger partial charge in [-0.15, -0.1) is 0 Å². The highest BCUT2D eigenvalue weighted by Gasteiger charge is 2.32. The van der Waals surface area contributed by atoms with Crippen LogP contribution in [0.2, 0.25) is 0 Å². The average Bonchev–Trinajstić information content (AvgIpc) is 2.74. The summed E-state index contributed by atoms with van der Waals surface area (Å²) in [7, 11) is 0. The van der Waals surface area contributed by atoms with Crippen molar-refractivity contribution in [1.82, 2.24) is 5.32 Å². The molecule has 4 heteroatoms. The number of hydrogen-bond donors (Lipinski definition) is 2. The Morgan fingerprint density at radius 2 is 1.25 bits per heavy atom. The van der Waals surface area contributed by atoms with E-state index >= 15 is 0 Å². The number of Topliss-reactive ketones (excluding diaryl/α,β-unsaturated/α-hetero) is 2. The lowest BCUT2D eigenvalue weighted by Gasteiger charge is -2.23. The van der Waals surface area contributed by atoms with Crippen molar-refractivity contribution in [3.63, 3.8) is 0 Å². The van der Waals surface area contributed by atoms with Crippen LogP contribution in [-0.2, 0) is 6.54 Å². The van der Waals surface area contributed by atoms with Crippen LogP contribution in [0.25, 0.3) is 0 Å². The maximum Gasteiger partial charge on any atom is 0.212 e. The lowest BCUT2D eigenvalue weighted by Crippen LogP contribution is -2.33. The fourth-order valence-electron chi connectivity index (χ4n) is 3.23. The number of fused-ring (bicyclic) bond motifs is 1. The highest BCUT2D eigenvalue weighted by molar-refractivity contribution is 6.27. The summed E-state index contributed by atoms with van der Waals surface area (Å²) in [5, 5.41) is 6.35. The molecule has 0 atom stereocenters. The molecule has 1 aliphatic carbocycles. The Balaban J connectivity index is 1.73. The van der Waals surface area contributed by atoms with Gasteiger partial charge in [-0.3, -0.25) is 9.59 Å². The maximum atomic E-state index is 13.1. The van der Waals surface area contributed by atoms with Gasteiger partial charge in [0, 0.05) is 23.4 Å². The number of anilines is 1. The molecule has 0 spiro atoms. The van der Waals surface area contributed by atoms with Gasteiger partial charge >= 0.3 is 0 Å². The molecule has 0 heterocycles. The monoisotopic (exact) mass is 368 g/mol. The zero-order valence-corrected chi connectivity index (χ0v) is 15.5. The second-order valence-electron chi connectivity index (χ2n) is 6.78. The molecule has 3 aromatic rings. The first-order valence-corrected chi connectivity index (χ1v) is 9.17. The number of allylic oxidation sites excluding steroid dienone is 2. The average molecular weight is 368 g/mol. The molecular weight excluding hydrogens is 348 g/mol. The van der Waals surface area contributed by atoms with Gasteiger partial charge in [0.05, 0.1) is 0 Å². The van der Waals surface area contributed by atoms with Crippen LogP contribution in [0.5, 0.6) is 0 Å². The quantitative estimate of drug-likeness (QED) is 0.697.